The lowest BCUT2D eigenvalue weighted by Gasteiger charge is -2.35. The normalized spacial score (nSPS) is 15.4. The summed E-state index contributed by atoms with van der Waals surface area (Å²) in [7, 11) is 0. The van der Waals surface area contributed by atoms with E-state index in [9.17, 15) is 4.79 Å². The summed E-state index contributed by atoms with van der Waals surface area (Å²) in [5.41, 5.74) is 2.21. The van der Waals surface area contributed by atoms with Gasteiger partial charge in [0.15, 0.2) is 5.13 Å². The molecule has 1 aromatic heterocycles. The van der Waals surface area contributed by atoms with Crippen LogP contribution in [0.3, 0.4) is 0 Å². The Morgan fingerprint density at radius 1 is 1.32 bits per heavy atom. The summed E-state index contributed by atoms with van der Waals surface area (Å²) in [4.78, 5) is 22.4. The number of hydrogen-bond donors (Lipinski definition) is 1. The number of nitrogens with one attached hydrogen (secondary N) is 1. The van der Waals surface area contributed by atoms with Gasteiger partial charge < -0.3 is 10.2 Å². The Bertz CT molecular complexity index is 740. The van der Waals surface area contributed by atoms with Gasteiger partial charge in [0.25, 0.3) is 0 Å². The highest BCUT2D eigenvalue weighted by Gasteiger charge is 2.20. The summed E-state index contributed by atoms with van der Waals surface area (Å²) in [6.07, 6.45) is 0.893. The second kappa shape index (κ2) is 8.17. The first-order valence-corrected chi connectivity index (χ1v) is 9.73. The maximum absolute atomic E-state index is 12.3. The van der Waals surface area contributed by atoms with Crippen molar-refractivity contribution in [2.75, 3.05) is 42.9 Å². The van der Waals surface area contributed by atoms with Gasteiger partial charge in [0.1, 0.15) is 0 Å². The molecule has 0 unspecified atom stereocenters. The SMILES string of the molecule is CCc1nc(NC(=O)CN2CCN(c3cccc(Cl)c3)CC2)sc1C. The molecule has 1 saturated heterocycles. The Kier molecular flexibility index (Phi) is 5.93. The average molecular weight is 379 g/mol. The van der Waals surface area contributed by atoms with Gasteiger partial charge in [0, 0.05) is 41.8 Å². The molecule has 0 aliphatic carbocycles. The van der Waals surface area contributed by atoms with E-state index >= 15 is 0 Å². The number of carbonyl (C=O) groups is 1. The maximum Gasteiger partial charge on any atom is 0.240 e. The smallest absolute Gasteiger partial charge is 0.240 e. The van der Waals surface area contributed by atoms with E-state index < -0.39 is 0 Å². The van der Waals surface area contributed by atoms with E-state index in [1.54, 1.807) is 11.3 Å². The molecule has 1 N–H and O–H groups in total. The summed E-state index contributed by atoms with van der Waals surface area (Å²) in [5, 5.41) is 4.39. The monoisotopic (exact) mass is 378 g/mol. The molecule has 2 aromatic rings. The van der Waals surface area contributed by atoms with E-state index in [2.05, 4.69) is 33.1 Å². The number of hydrogen-bond acceptors (Lipinski definition) is 5. The highest BCUT2D eigenvalue weighted by molar-refractivity contribution is 7.15. The highest BCUT2D eigenvalue weighted by atomic mass is 35.5. The topological polar surface area (TPSA) is 48.5 Å². The average Bonchev–Trinajstić information content (AvgIpc) is 2.94. The number of rotatable bonds is 5. The Hall–Kier alpha value is -1.63. The highest BCUT2D eigenvalue weighted by Crippen LogP contribution is 2.23. The molecule has 1 aromatic carbocycles. The molecule has 1 fully saturated rings. The molecule has 0 radical (unpaired) electrons. The van der Waals surface area contributed by atoms with E-state index in [0.29, 0.717) is 11.7 Å². The quantitative estimate of drug-likeness (QED) is 0.865. The molecule has 3 rings (SSSR count). The fraction of sp³-hybridized carbons (Fsp3) is 0.444. The van der Waals surface area contributed by atoms with E-state index in [0.717, 1.165) is 49.0 Å². The Balaban J connectivity index is 1.49. The zero-order valence-corrected chi connectivity index (χ0v) is 16.2. The van der Waals surface area contributed by atoms with Gasteiger partial charge in [-0.1, -0.05) is 24.6 Å². The summed E-state index contributed by atoms with van der Waals surface area (Å²) < 4.78 is 0. The van der Waals surface area contributed by atoms with Crippen LogP contribution in [0.1, 0.15) is 17.5 Å². The second-order valence-corrected chi connectivity index (χ2v) is 7.81. The first kappa shape index (κ1) is 18.2. The predicted octanol–water partition coefficient (Wildman–Crippen LogP) is 3.43. The molecule has 2 heterocycles. The van der Waals surface area contributed by atoms with Gasteiger partial charge in [0.2, 0.25) is 5.91 Å². The van der Waals surface area contributed by atoms with Crippen LogP contribution < -0.4 is 10.2 Å². The standard InChI is InChI=1S/C18H23ClN4OS/c1-3-16-13(2)25-18(20-16)21-17(24)12-22-7-9-23(10-8-22)15-6-4-5-14(19)11-15/h4-6,11H,3,7-10,12H2,1-2H3,(H,20,21,24). The van der Waals surface area contributed by atoms with Crippen LogP contribution in [-0.4, -0.2) is 48.5 Å². The number of aromatic nitrogens is 1. The van der Waals surface area contributed by atoms with Crippen LogP contribution in [0.15, 0.2) is 24.3 Å². The lowest BCUT2D eigenvalue weighted by molar-refractivity contribution is -0.117. The van der Waals surface area contributed by atoms with Crippen LogP contribution in [0.25, 0.3) is 0 Å². The van der Waals surface area contributed by atoms with Gasteiger partial charge in [-0.15, -0.1) is 11.3 Å². The lowest BCUT2D eigenvalue weighted by Crippen LogP contribution is -2.48. The molecular weight excluding hydrogens is 356 g/mol. The molecule has 1 amide bonds. The first-order valence-electron chi connectivity index (χ1n) is 8.54. The van der Waals surface area contributed by atoms with E-state index in [4.69, 9.17) is 11.6 Å². The zero-order chi connectivity index (χ0) is 17.8. The number of benzene rings is 1. The lowest BCUT2D eigenvalue weighted by atomic mass is 10.2. The van der Waals surface area contributed by atoms with Gasteiger partial charge in [-0.05, 0) is 31.5 Å². The molecule has 0 bridgehead atoms. The third kappa shape index (κ3) is 4.71. The van der Waals surface area contributed by atoms with Gasteiger partial charge in [-0.25, -0.2) is 4.98 Å². The van der Waals surface area contributed by atoms with E-state index in [1.165, 1.54) is 4.88 Å². The summed E-state index contributed by atoms with van der Waals surface area (Å²) in [5.74, 6) is 0.00705. The third-order valence-corrected chi connectivity index (χ3v) is 5.55. The zero-order valence-electron chi connectivity index (χ0n) is 14.6. The van der Waals surface area contributed by atoms with Gasteiger partial charge in [-0.3, -0.25) is 9.69 Å². The largest absolute Gasteiger partial charge is 0.369 e. The van der Waals surface area contributed by atoms with Crippen LogP contribution in [0.5, 0.6) is 0 Å². The number of anilines is 2. The summed E-state index contributed by atoms with van der Waals surface area (Å²) in [6.45, 7) is 8.03. The van der Waals surface area contributed by atoms with Crippen molar-refractivity contribution in [3.05, 3.63) is 39.9 Å². The first-order chi connectivity index (χ1) is 12.0. The third-order valence-electron chi connectivity index (χ3n) is 4.39. The molecule has 0 saturated carbocycles. The van der Waals surface area contributed by atoms with Crippen LogP contribution in [-0.2, 0) is 11.2 Å². The molecule has 0 spiro atoms. The Labute approximate surface area is 157 Å². The predicted molar refractivity (Wildman–Crippen MR) is 105 cm³/mol. The van der Waals surface area contributed by atoms with Crippen molar-refractivity contribution in [1.82, 2.24) is 9.88 Å². The Morgan fingerprint density at radius 3 is 2.72 bits per heavy atom. The van der Waals surface area contributed by atoms with Gasteiger partial charge >= 0.3 is 0 Å². The van der Waals surface area contributed by atoms with Gasteiger partial charge in [0.05, 0.1) is 12.2 Å². The van der Waals surface area contributed by atoms with Crippen molar-refractivity contribution >= 4 is 39.7 Å². The van der Waals surface area contributed by atoms with Crippen molar-refractivity contribution in [2.24, 2.45) is 0 Å². The van der Waals surface area contributed by atoms with Crippen molar-refractivity contribution < 1.29 is 4.79 Å². The van der Waals surface area contributed by atoms with Crippen LogP contribution in [0.2, 0.25) is 5.02 Å². The van der Waals surface area contributed by atoms with Crippen LogP contribution in [0, 0.1) is 6.92 Å². The molecule has 7 heteroatoms. The molecule has 0 atom stereocenters. The van der Waals surface area contributed by atoms with E-state index in [-0.39, 0.29) is 5.91 Å². The molecule has 1 aliphatic rings. The van der Waals surface area contributed by atoms with Crippen molar-refractivity contribution in [3.63, 3.8) is 0 Å². The molecule has 134 valence electrons. The van der Waals surface area contributed by atoms with Crippen molar-refractivity contribution in [2.45, 2.75) is 20.3 Å². The molecular formula is C18H23ClN4OS. The fourth-order valence-electron chi connectivity index (χ4n) is 3.01. The van der Waals surface area contributed by atoms with Crippen LogP contribution >= 0.6 is 22.9 Å². The maximum atomic E-state index is 12.3. The molecule has 5 nitrogen and oxygen atoms in total. The minimum absolute atomic E-state index is 0.00705. The minimum Gasteiger partial charge on any atom is -0.369 e. The minimum atomic E-state index is 0.00705. The number of amides is 1. The van der Waals surface area contributed by atoms with Crippen LogP contribution in [0.4, 0.5) is 10.8 Å². The Morgan fingerprint density at radius 2 is 2.08 bits per heavy atom. The number of carbonyl (C=O) groups excluding carboxylic acids is 1. The molecule has 1 aliphatic heterocycles. The fourth-order valence-corrected chi connectivity index (χ4v) is 4.11. The number of piperazine rings is 1. The number of aryl methyl sites for hydroxylation is 2. The second-order valence-electron chi connectivity index (χ2n) is 6.17. The number of thiazole rings is 1. The number of nitrogens with zero attached hydrogens (tertiary/aromatic N) is 3. The van der Waals surface area contributed by atoms with Gasteiger partial charge in [-0.2, -0.15) is 0 Å². The summed E-state index contributed by atoms with van der Waals surface area (Å²) >= 11 is 7.61. The van der Waals surface area contributed by atoms with E-state index in [1.807, 2.05) is 25.1 Å². The molecule has 25 heavy (non-hydrogen) atoms. The number of halogens is 1. The van der Waals surface area contributed by atoms with Crippen molar-refractivity contribution in [3.8, 4) is 0 Å². The van der Waals surface area contributed by atoms with Crippen molar-refractivity contribution in [1.29, 1.82) is 0 Å². The summed E-state index contributed by atoms with van der Waals surface area (Å²) in [6, 6.07) is 7.92.